The van der Waals surface area contributed by atoms with Gasteiger partial charge in [-0.05, 0) is 38.4 Å². The summed E-state index contributed by atoms with van der Waals surface area (Å²) in [7, 11) is 1.95. The first-order valence-corrected chi connectivity index (χ1v) is 5.30. The molecule has 0 heterocycles. The van der Waals surface area contributed by atoms with E-state index in [0.29, 0.717) is 12.5 Å². The van der Waals surface area contributed by atoms with Crippen molar-refractivity contribution in [1.29, 1.82) is 5.26 Å². The zero-order chi connectivity index (χ0) is 11.3. The van der Waals surface area contributed by atoms with Crippen molar-refractivity contribution in [2.45, 2.75) is 32.7 Å². The summed E-state index contributed by atoms with van der Waals surface area (Å²) in [5.74, 6) is 0. The van der Waals surface area contributed by atoms with E-state index < -0.39 is 0 Å². The van der Waals surface area contributed by atoms with Gasteiger partial charge in [-0.25, -0.2) is 0 Å². The predicted octanol–water partition coefficient (Wildman–Crippen LogP) is 2.87. The van der Waals surface area contributed by atoms with Crippen LogP contribution in [0, 0.1) is 25.2 Å². The van der Waals surface area contributed by atoms with Crippen LogP contribution in [0.5, 0.6) is 0 Å². The smallest absolute Gasteiger partial charge is 0.0622 e. The van der Waals surface area contributed by atoms with Gasteiger partial charge in [0.25, 0.3) is 0 Å². The number of nitriles is 1. The van der Waals surface area contributed by atoms with Crippen LogP contribution >= 0.6 is 0 Å². The summed E-state index contributed by atoms with van der Waals surface area (Å²) < 4.78 is 0. The molecule has 0 aliphatic rings. The van der Waals surface area contributed by atoms with Crippen LogP contribution in [0.3, 0.4) is 0 Å². The molecule has 0 aliphatic heterocycles. The average Bonchev–Trinajstić information content (AvgIpc) is 2.21. The number of nitrogens with zero attached hydrogens (tertiary/aromatic N) is 1. The molecule has 15 heavy (non-hydrogen) atoms. The maximum atomic E-state index is 8.59. The normalized spacial score (nSPS) is 12.1. The van der Waals surface area contributed by atoms with E-state index in [1.54, 1.807) is 0 Å². The Bertz CT molecular complexity index is 363. The maximum absolute atomic E-state index is 8.59. The zero-order valence-corrected chi connectivity index (χ0v) is 9.67. The molecule has 1 rings (SSSR count). The van der Waals surface area contributed by atoms with E-state index >= 15 is 0 Å². The van der Waals surface area contributed by atoms with Gasteiger partial charge in [0.1, 0.15) is 0 Å². The van der Waals surface area contributed by atoms with Crippen molar-refractivity contribution in [3.63, 3.8) is 0 Å². The number of nitrogens with one attached hydrogen (secondary N) is 1. The van der Waals surface area contributed by atoms with Crippen LogP contribution in [0.2, 0.25) is 0 Å². The van der Waals surface area contributed by atoms with Gasteiger partial charge in [-0.1, -0.05) is 23.8 Å². The Balaban J connectivity index is 2.87. The molecule has 1 aromatic rings. The molecular formula is C13H18N2. The Hall–Kier alpha value is -1.33. The number of aryl methyl sites for hydroxylation is 2. The average molecular weight is 202 g/mol. The number of hydrogen-bond donors (Lipinski definition) is 1. The van der Waals surface area contributed by atoms with Gasteiger partial charge in [-0.2, -0.15) is 5.26 Å². The third-order valence-corrected chi connectivity index (χ3v) is 2.69. The second-order valence-electron chi connectivity index (χ2n) is 3.90. The molecule has 1 unspecified atom stereocenters. The lowest BCUT2D eigenvalue weighted by molar-refractivity contribution is 0.554. The third kappa shape index (κ3) is 3.07. The summed E-state index contributed by atoms with van der Waals surface area (Å²) in [5, 5.41) is 11.9. The Morgan fingerprint density at radius 1 is 1.40 bits per heavy atom. The van der Waals surface area contributed by atoms with Gasteiger partial charge in [0.05, 0.1) is 6.07 Å². The SMILES string of the molecule is CNC(CCC#N)c1ccc(C)cc1C. The second kappa shape index (κ2) is 5.53. The first-order valence-electron chi connectivity index (χ1n) is 5.30. The third-order valence-electron chi connectivity index (χ3n) is 2.69. The fraction of sp³-hybridized carbons (Fsp3) is 0.462. The molecule has 2 heteroatoms. The Morgan fingerprint density at radius 2 is 2.13 bits per heavy atom. The van der Waals surface area contributed by atoms with E-state index in [-0.39, 0.29) is 0 Å². The standard InChI is InChI=1S/C13H18N2/c1-10-6-7-12(11(2)9-10)13(15-3)5-4-8-14/h6-7,9,13,15H,4-5H2,1-3H3. The summed E-state index contributed by atoms with van der Waals surface area (Å²) in [6.45, 7) is 4.22. The zero-order valence-electron chi connectivity index (χ0n) is 9.67. The van der Waals surface area contributed by atoms with Crippen LogP contribution < -0.4 is 5.32 Å². The molecule has 0 aromatic heterocycles. The van der Waals surface area contributed by atoms with Crippen molar-refractivity contribution in [3.05, 3.63) is 34.9 Å². The second-order valence-corrected chi connectivity index (χ2v) is 3.90. The highest BCUT2D eigenvalue weighted by atomic mass is 14.9. The molecule has 0 fully saturated rings. The molecule has 1 atom stereocenters. The molecule has 1 N–H and O–H groups in total. The summed E-state index contributed by atoms with van der Waals surface area (Å²) in [6, 6.07) is 8.96. The predicted molar refractivity (Wildman–Crippen MR) is 62.6 cm³/mol. The van der Waals surface area contributed by atoms with E-state index in [1.165, 1.54) is 16.7 Å². The van der Waals surface area contributed by atoms with Crippen molar-refractivity contribution < 1.29 is 0 Å². The van der Waals surface area contributed by atoms with Gasteiger partial charge in [0.2, 0.25) is 0 Å². The largest absolute Gasteiger partial charge is 0.313 e. The minimum absolute atomic E-state index is 0.297. The molecule has 0 saturated heterocycles. The fourth-order valence-electron chi connectivity index (χ4n) is 1.88. The van der Waals surface area contributed by atoms with Gasteiger partial charge < -0.3 is 5.32 Å². The molecular weight excluding hydrogens is 184 g/mol. The van der Waals surface area contributed by atoms with Gasteiger partial charge in [0, 0.05) is 12.5 Å². The van der Waals surface area contributed by atoms with Crippen LogP contribution in [-0.2, 0) is 0 Å². The lowest BCUT2D eigenvalue weighted by atomic mass is 9.96. The molecule has 80 valence electrons. The number of benzene rings is 1. The van der Waals surface area contributed by atoms with E-state index in [2.05, 4.69) is 43.4 Å². The van der Waals surface area contributed by atoms with Crippen molar-refractivity contribution >= 4 is 0 Å². The monoisotopic (exact) mass is 202 g/mol. The van der Waals surface area contributed by atoms with Crippen LogP contribution in [0.25, 0.3) is 0 Å². The molecule has 2 nitrogen and oxygen atoms in total. The summed E-state index contributed by atoms with van der Waals surface area (Å²) in [5.41, 5.74) is 3.89. The van der Waals surface area contributed by atoms with Crippen LogP contribution in [0.1, 0.15) is 35.6 Å². The van der Waals surface area contributed by atoms with Gasteiger partial charge in [0.15, 0.2) is 0 Å². The minimum atomic E-state index is 0.297. The molecule has 0 spiro atoms. The summed E-state index contributed by atoms with van der Waals surface area (Å²) in [4.78, 5) is 0. The van der Waals surface area contributed by atoms with E-state index in [4.69, 9.17) is 5.26 Å². The Labute approximate surface area is 91.9 Å². The topological polar surface area (TPSA) is 35.8 Å². The van der Waals surface area contributed by atoms with Gasteiger partial charge in [-0.3, -0.25) is 0 Å². The van der Waals surface area contributed by atoms with Crippen molar-refractivity contribution in [3.8, 4) is 6.07 Å². The fourth-order valence-corrected chi connectivity index (χ4v) is 1.88. The van der Waals surface area contributed by atoms with E-state index in [9.17, 15) is 0 Å². The first-order chi connectivity index (χ1) is 7.19. The summed E-state index contributed by atoms with van der Waals surface area (Å²) in [6.07, 6.45) is 1.47. The molecule has 0 amide bonds. The summed E-state index contributed by atoms with van der Waals surface area (Å²) >= 11 is 0. The maximum Gasteiger partial charge on any atom is 0.0622 e. The lowest BCUT2D eigenvalue weighted by Gasteiger charge is -2.17. The lowest BCUT2D eigenvalue weighted by Crippen LogP contribution is -2.17. The van der Waals surface area contributed by atoms with Gasteiger partial charge >= 0.3 is 0 Å². The van der Waals surface area contributed by atoms with Gasteiger partial charge in [-0.15, -0.1) is 0 Å². The van der Waals surface area contributed by atoms with Crippen molar-refractivity contribution in [2.24, 2.45) is 0 Å². The van der Waals surface area contributed by atoms with E-state index in [0.717, 1.165) is 6.42 Å². The molecule has 0 aliphatic carbocycles. The molecule has 1 aromatic carbocycles. The van der Waals surface area contributed by atoms with Crippen molar-refractivity contribution in [2.75, 3.05) is 7.05 Å². The van der Waals surface area contributed by atoms with Crippen molar-refractivity contribution in [1.82, 2.24) is 5.32 Å². The van der Waals surface area contributed by atoms with Crippen LogP contribution in [0.15, 0.2) is 18.2 Å². The molecule has 0 saturated carbocycles. The highest BCUT2D eigenvalue weighted by Crippen LogP contribution is 2.22. The molecule has 0 radical (unpaired) electrons. The Kier molecular flexibility index (Phi) is 4.33. The number of hydrogen-bond acceptors (Lipinski definition) is 2. The number of rotatable bonds is 4. The van der Waals surface area contributed by atoms with Crippen LogP contribution in [-0.4, -0.2) is 7.05 Å². The molecule has 0 bridgehead atoms. The first kappa shape index (κ1) is 11.7. The highest BCUT2D eigenvalue weighted by Gasteiger charge is 2.10. The minimum Gasteiger partial charge on any atom is -0.313 e. The Morgan fingerprint density at radius 3 is 2.67 bits per heavy atom. The highest BCUT2D eigenvalue weighted by molar-refractivity contribution is 5.32. The van der Waals surface area contributed by atoms with E-state index in [1.807, 2.05) is 7.05 Å². The van der Waals surface area contributed by atoms with Crippen LogP contribution in [0.4, 0.5) is 0 Å². The quantitative estimate of drug-likeness (QED) is 0.815.